The van der Waals surface area contributed by atoms with E-state index in [0.717, 1.165) is 24.2 Å². The van der Waals surface area contributed by atoms with E-state index in [9.17, 15) is 4.79 Å². The number of carbonyl (C=O) groups is 1. The second-order valence-electron chi connectivity index (χ2n) is 6.50. The Morgan fingerprint density at radius 2 is 1.59 bits per heavy atom. The first-order valence-electron chi connectivity index (χ1n) is 9.64. The molecule has 3 rings (SSSR count). The Morgan fingerprint density at radius 1 is 0.897 bits per heavy atom. The van der Waals surface area contributed by atoms with Crippen molar-refractivity contribution in [2.75, 3.05) is 19.0 Å². The lowest BCUT2D eigenvalue weighted by atomic mass is 10.1. The fraction of sp³-hybridized carbons (Fsp3) is 0.160. The normalized spacial score (nSPS) is 10.7. The molecule has 4 nitrogen and oxygen atoms in total. The average Bonchev–Trinajstić information content (AvgIpc) is 2.77. The molecule has 0 heterocycles. The number of anilines is 1. The van der Waals surface area contributed by atoms with Crippen molar-refractivity contribution < 1.29 is 14.3 Å². The van der Waals surface area contributed by atoms with E-state index < -0.39 is 0 Å². The minimum atomic E-state index is -0.226. The minimum Gasteiger partial charge on any atom is -0.496 e. The average molecular weight is 387 g/mol. The van der Waals surface area contributed by atoms with Crippen molar-refractivity contribution in [2.45, 2.75) is 12.8 Å². The first kappa shape index (κ1) is 20.2. The number of carbonyl (C=O) groups excluding carboxylic acids is 1. The summed E-state index contributed by atoms with van der Waals surface area (Å²) in [5, 5.41) is 2.89. The number of ether oxygens (including phenoxy) is 2. The van der Waals surface area contributed by atoms with Crippen molar-refractivity contribution in [3.05, 3.63) is 96.1 Å². The first-order valence-corrected chi connectivity index (χ1v) is 9.64. The predicted octanol–water partition coefficient (Wildman–Crippen LogP) is 5.36. The Hall–Kier alpha value is -3.53. The van der Waals surface area contributed by atoms with E-state index in [1.165, 1.54) is 11.6 Å². The molecule has 29 heavy (non-hydrogen) atoms. The van der Waals surface area contributed by atoms with Gasteiger partial charge in [-0.3, -0.25) is 4.79 Å². The Bertz CT molecular complexity index is 951. The molecular formula is C25H25NO3. The Morgan fingerprint density at radius 3 is 2.38 bits per heavy atom. The van der Waals surface area contributed by atoms with Crippen LogP contribution in [0.2, 0.25) is 0 Å². The Balaban J connectivity index is 1.55. The van der Waals surface area contributed by atoms with Gasteiger partial charge in [0, 0.05) is 11.6 Å². The van der Waals surface area contributed by atoms with Gasteiger partial charge in [0.25, 0.3) is 0 Å². The number of rotatable bonds is 9. The molecule has 0 saturated heterocycles. The molecule has 1 amide bonds. The van der Waals surface area contributed by atoms with Crippen molar-refractivity contribution in [2.24, 2.45) is 0 Å². The van der Waals surface area contributed by atoms with E-state index in [2.05, 4.69) is 17.4 Å². The highest BCUT2D eigenvalue weighted by Crippen LogP contribution is 2.24. The van der Waals surface area contributed by atoms with Gasteiger partial charge in [0.15, 0.2) is 0 Å². The van der Waals surface area contributed by atoms with E-state index in [1.807, 2.05) is 66.7 Å². The van der Waals surface area contributed by atoms with Crippen LogP contribution in [0.4, 0.5) is 5.69 Å². The number of nitrogens with one attached hydrogen (secondary N) is 1. The Kier molecular flexibility index (Phi) is 7.47. The van der Waals surface area contributed by atoms with Crippen molar-refractivity contribution in [3.8, 4) is 11.5 Å². The van der Waals surface area contributed by atoms with Gasteiger partial charge in [-0.05, 0) is 42.7 Å². The first-order chi connectivity index (χ1) is 14.3. The van der Waals surface area contributed by atoms with Crippen LogP contribution in [0, 0.1) is 0 Å². The third-order valence-electron chi connectivity index (χ3n) is 4.41. The summed E-state index contributed by atoms with van der Waals surface area (Å²) >= 11 is 0. The number of methoxy groups -OCH3 is 1. The third kappa shape index (κ3) is 6.25. The van der Waals surface area contributed by atoms with Gasteiger partial charge in [0.05, 0.1) is 19.4 Å². The van der Waals surface area contributed by atoms with Crippen LogP contribution in [0.15, 0.2) is 84.9 Å². The summed E-state index contributed by atoms with van der Waals surface area (Å²) in [5.41, 5.74) is 2.79. The van der Waals surface area contributed by atoms with E-state index in [0.29, 0.717) is 18.0 Å². The Labute approximate surface area is 171 Å². The number of benzene rings is 3. The van der Waals surface area contributed by atoms with Crippen LogP contribution in [0.3, 0.4) is 0 Å². The van der Waals surface area contributed by atoms with Crippen LogP contribution in [0.5, 0.6) is 11.5 Å². The second-order valence-corrected chi connectivity index (χ2v) is 6.50. The molecule has 4 heteroatoms. The van der Waals surface area contributed by atoms with Gasteiger partial charge in [-0.1, -0.05) is 60.7 Å². The minimum absolute atomic E-state index is 0.226. The summed E-state index contributed by atoms with van der Waals surface area (Å²) in [7, 11) is 1.61. The van der Waals surface area contributed by atoms with Crippen LogP contribution in [-0.2, 0) is 11.2 Å². The molecule has 3 aromatic carbocycles. The third-order valence-corrected chi connectivity index (χ3v) is 4.41. The van der Waals surface area contributed by atoms with Crippen molar-refractivity contribution in [1.29, 1.82) is 0 Å². The van der Waals surface area contributed by atoms with Crippen LogP contribution in [0.1, 0.15) is 17.5 Å². The van der Waals surface area contributed by atoms with Crippen molar-refractivity contribution in [1.82, 2.24) is 0 Å². The van der Waals surface area contributed by atoms with E-state index in [-0.39, 0.29) is 5.91 Å². The van der Waals surface area contributed by atoms with Gasteiger partial charge in [0.1, 0.15) is 11.5 Å². The zero-order chi connectivity index (χ0) is 20.3. The summed E-state index contributed by atoms with van der Waals surface area (Å²) in [4.78, 5) is 12.4. The molecule has 0 spiro atoms. The maximum absolute atomic E-state index is 12.4. The number of hydrogen-bond donors (Lipinski definition) is 1. The van der Waals surface area contributed by atoms with Crippen LogP contribution < -0.4 is 14.8 Å². The highest BCUT2D eigenvalue weighted by Gasteiger charge is 2.06. The summed E-state index contributed by atoms with van der Waals surface area (Å²) in [6.45, 7) is 0.582. The fourth-order valence-corrected chi connectivity index (χ4v) is 2.94. The molecule has 0 bridgehead atoms. The molecule has 0 aliphatic rings. The summed E-state index contributed by atoms with van der Waals surface area (Å²) in [6.07, 6.45) is 5.08. The van der Waals surface area contributed by atoms with Crippen LogP contribution in [-0.4, -0.2) is 19.6 Å². The number of hydrogen-bond acceptors (Lipinski definition) is 3. The fourth-order valence-electron chi connectivity index (χ4n) is 2.94. The highest BCUT2D eigenvalue weighted by atomic mass is 16.5. The molecule has 0 aromatic heterocycles. The van der Waals surface area contributed by atoms with Crippen LogP contribution >= 0.6 is 0 Å². The predicted molar refractivity (Wildman–Crippen MR) is 117 cm³/mol. The second kappa shape index (κ2) is 10.7. The molecule has 0 saturated carbocycles. The monoisotopic (exact) mass is 387 g/mol. The van der Waals surface area contributed by atoms with E-state index in [4.69, 9.17) is 9.47 Å². The highest BCUT2D eigenvalue weighted by molar-refractivity contribution is 6.02. The maximum atomic E-state index is 12.4. The molecule has 3 aromatic rings. The number of aryl methyl sites for hydroxylation is 1. The molecule has 0 aliphatic carbocycles. The molecular weight excluding hydrogens is 362 g/mol. The topological polar surface area (TPSA) is 47.6 Å². The van der Waals surface area contributed by atoms with Crippen molar-refractivity contribution >= 4 is 17.7 Å². The lowest BCUT2D eigenvalue weighted by Crippen LogP contribution is -2.10. The van der Waals surface area contributed by atoms with Crippen molar-refractivity contribution in [3.63, 3.8) is 0 Å². The molecule has 0 fully saturated rings. The number of para-hydroxylation sites is 3. The van der Waals surface area contributed by atoms with Gasteiger partial charge in [-0.15, -0.1) is 0 Å². The quantitative estimate of drug-likeness (QED) is 0.397. The van der Waals surface area contributed by atoms with Gasteiger partial charge < -0.3 is 14.8 Å². The number of amides is 1. The van der Waals surface area contributed by atoms with E-state index in [1.54, 1.807) is 13.2 Å². The molecule has 0 atom stereocenters. The molecule has 0 radical (unpaired) electrons. The molecule has 0 aliphatic heterocycles. The lowest BCUT2D eigenvalue weighted by Gasteiger charge is -2.11. The van der Waals surface area contributed by atoms with Gasteiger partial charge in [-0.25, -0.2) is 0 Å². The molecule has 1 N–H and O–H groups in total. The van der Waals surface area contributed by atoms with E-state index >= 15 is 0 Å². The van der Waals surface area contributed by atoms with Crippen LogP contribution in [0.25, 0.3) is 6.08 Å². The molecule has 0 unspecified atom stereocenters. The maximum Gasteiger partial charge on any atom is 0.248 e. The molecule has 148 valence electrons. The smallest absolute Gasteiger partial charge is 0.248 e. The SMILES string of the molecule is COc1ccccc1/C=C/C(=O)Nc1ccccc1OCCCc1ccccc1. The van der Waals surface area contributed by atoms with Gasteiger partial charge in [0.2, 0.25) is 5.91 Å². The summed E-state index contributed by atoms with van der Waals surface area (Å²) in [5.74, 6) is 1.16. The zero-order valence-electron chi connectivity index (χ0n) is 16.5. The largest absolute Gasteiger partial charge is 0.496 e. The standard InChI is InChI=1S/C25H25NO3/c1-28-23-15-7-5-13-21(23)17-18-25(27)26-22-14-6-8-16-24(22)29-19-9-12-20-10-3-2-4-11-20/h2-8,10-11,13-18H,9,12,19H2,1H3,(H,26,27)/b18-17+. The zero-order valence-corrected chi connectivity index (χ0v) is 16.5. The summed E-state index contributed by atoms with van der Waals surface area (Å²) in [6, 6.07) is 25.3. The van der Waals surface area contributed by atoms with Gasteiger partial charge in [-0.2, -0.15) is 0 Å². The lowest BCUT2D eigenvalue weighted by molar-refractivity contribution is -0.111. The summed E-state index contributed by atoms with van der Waals surface area (Å²) < 4.78 is 11.2. The van der Waals surface area contributed by atoms with Gasteiger partial charge >= 0.3 is 0 Å².